The van der Waals surface area contributed by atoms with Crippen LogP contribution in [0.25, 0.3) is 0 Å². The van der Waals surface area contributed by atoms with Crippen molar-refractivity contribution in [2.75, 3.05) is 13.2 Å². The maximum absolute atomic E-state index is 12.1. The molecule has 0 heterocycles. The minimum atomic E-state index is -0.285. The number of nitrogens with one attached hydrogen (secondary N) is 2. The van der Waals surface area contributed by atoms with Crippen LogP contribution in [0.5, 0.6) is 5.75 Å². The molecule has 1 atom stereocenters. The molecule has 2 aromatic rings. The summed E-state index contributed by atoms with van der Waals surface area (Å²) in [5.74, 6) is 0.228. The predicted octanol–water partition coefficient (Wildman–Crippen LogP) is 3.47. The Morgan fingerprint density at radius 3 is 2.38 bits per heavy atom. The molecule has 2 amide bonds. The summed E-state index contributed by atoms with van der Waals surface area (Å²) in [5, 5.41) is 5.50. The van der Waals surface area contributed by atoms with Crippen molar-refractivity contribution in [3.63, 3.8) is 0 Å². The van der Waals surface area contributed by atoms with Crippen LogP contribution in [0.4, 0.5) is 0 Å². The highest BCUT2D eigenvalue weighted by molar-refractivity contribution is 5.96. The number of hydrogen-bond acceptors (Lipinski definition) is 3. The maximum atomic E-state index is 12.1. The van der Waals surface area contributed by atoms with Crippen LogP contribution in [0.15, 0.2) is 54.6 Å². The molecule has 0 spiro atoms. The van der Waals surface area contributed by atoms with E-state index in [0.717, 1.165) is 24.2 Å². The molecule has 2 N–H and O–H groups in total. The zero-order valence-corrected chi connectivity index (χ0v) is 15.3. The molecule has 2 rings (SSSR count). The topological polar surface area (TPSA) is 67.4 Å². The van der Waals surface area contributed by atoms with Crippen molar-refractivity contribution in [3.05, 3.63) is 65.7 Å². The maximum Gasteiger partial charge on any atom is 0.251 e. The molecule has 0 aliphatic carbocycles. The molecule has 0 radical (unpaired) electrons. The summed E-state index contributed by atoms with van der Waals surface area (Å²) in [6.45, 7) is 4.62. The van der Waals surface area contributed by atoms with Crippen LogP contribution in [0, 0.1) is 0 Å². The van der Waals surface area contributed by atoms with Crippen LogP contribution < -0.4 is 15.4 Å². The van der Waals surface area contributed by atoms with Crippen LogP contribution >= 0.6 is 0 Å². The highest BCUT2D eigenvalue weighted by atomic mass is 16.5. The zero-order chi connectivity index (χ0) is 18.8. The van der Waals surface area contributed by atoms with Crippen LogP contribution in [0.2, 0.25) is 0 Å². The molecule has 0 fully saturated rings. The molecular weight excluding hydrogens is 328 g/mol. The fraction of sp³-hybridized carbons (Fsp3) is 0.333. The monoisotopic (exact) mass is 354 g/mol. The third-order valence-corrected chi connectivity index (χ3v) is 3.97. The molecule has 26 heavy (non-hydrogen) atoms. The van der Waals surface area contributed by atoms with Crippen molar-refractivity contribution in [2.24, 2.45) is 0 Å². The standard InChI is InChI=1S/C21H26N2O3/c1-3-4-14-26-19-12-10-18(11-13-19)21(25)22-15-20(24)23-16(2)17-8-6-5-7-9-17/h5-13,16H,3-4,14-15H2,1-2H3,(H,22,25)(H,23,24). The van der Waals surface area contributed by atoms with E-state index in [4.69, 9.17) is 4.74 Å². The summed E-state index contributed by atoms with van der Waals surface area (Å²) >= 11 is 0. The Kier molecular flexibility index (Phi) is 7.68. The molecule has 0 bridgehead atoms. The van der Waals surface area contributed by atoms with E-state index in [1.165, 1.54) is 0 Å². The van der Waals surface area contributed by atoms with Gasteiger partial charge in [0.2, 0.25) is 5.91 Å². The van der Waals surface area contributed by atoms with Crippen LogP contribution in [0.1, 0.15) is 48.7 Å². The van der Waals surface area contributed by atoms with Gasteiger partial charge < -0.3 is 15.4 Å². The van der Waals surface area contributed by atoms with Gasteiger partial charge in [-0.3, -0.25) is 9.59 Å². The van der Waals surface area contributed by atoms with E-state index in [1.54, 1.807) is 24.3 Å². The van der Waals surface area contributed by atoms with Crippen molar-refractivity contribution in [2.45, 2.75) is 32.7 Å². The number of carbonyl (C=O) groups excluding carboxylic acids is 2. The first-order valence-electron chi connectivity index (χ1n) is 8.95. The Labute approximate surface area is 154 Å². The first-order chi connectivity index (χ1) is 12.6. The summed E-state index contributed by atoms with van der Waals surface area (Å²) < 4.78 is 5.57. The molecule has 0 saturated heterocycles. The number of ether oxygens (including phenoxy) is 1. The van der Waals surface area contributed by atoms with Gasteiger partial charge in [-0.2, -0.15) is 0 Å². The molecule has 5 heteroatoms. The molecule has 0 aliphatic heterocycles. The molecule has 1 unspecified atom stereocenters. The lowest BCUT2D eigenvalue weighted by atomic mass is 10.1. The Morgan fingerprint density at radius 1 is 1.04 bits per heavy atom. The van der Waals surface area contributed by atoms with E-state index in [-0.39, 0.29) is 24.4 Å². The van der Waals surface area contributed by atoms with Gasteiger partial charge >= 0.3 is 0 Å². The Hall–Kier alpha value is -2.82. The average molecular weight is 354 g/mol. The quantitative estimate of drug-likeness (QED) is 0.678. The fourth-order valence-corrected chi connectivity index (χ4v) is 2.42. The lowest BCUT2D eigenvalue weighted by Gasteiger charge is -2.14. The van der Waals surface area contributed by atoms with Gasteiger partial charge in [0.05, 0.1) is 19.2 Å². The third kappa shape index (κ3) is 6.24. The van der Waals surface area contributed by atoms with Crippen molar-refractivity contribution < 1.29 is 14.3 Å². The summed E-state index contributed by atoms with van der Waals surface area (Å²) in [5.41, 5.74) is 1.52. The van der Waals surface area contributed by atoms with E-state index >= 15 is 0 Å². The number of hydrogen-bond donors (Lipinski definition) is 2. The van der Waals surface area contributed by atoms with Crippen LogP contribution in [-0.2, 0) is 4.79 Å². The van der Waals surface area contributed by atoms with Gasteiger partial charge in [0.15, 0.2) is 0 Å². The minimum absolute atomic E-state index is 0.0647. The Bertz CT molecular complexity index is 699. The molecule has 0 aliphatic rings. The first kappa shape index (κ1) is 19.5. The summed E-state index contributed by atoms with van der Waals surface area (Å²) in [7, 11) is 0. The molecule has 2 aromatic carbocycles. The van der Waals surface area contributed by atoms with E-state index in [9.17, 15) is 9.59 Å². The first-order valence-corrected chi connectivity index (χ1v) is 8.95. The summed E-state index contributed by atoms with van der Waals surface area (Å²) in [4.78, 5) is 24.2. The molecular formula is C21H26N2O3. The van der Waals surface area contributed by atoms with Crippen molar-refractivity contribution in [1.82, 2.24) is 10.6 Å². The van der Waals surface area contributed by atoms with Gasteiger partial charge in [-0.05, 0) is 43.2 Å². The van der Waals surface area contributed by atoms with Gasteiger partial charge in [0.25, 0.3) is 5.91 Å². The van der Waals surface area contributed by atoms with Crippen molar-refractivity contribution in [3.8, 4) is 5.75 Å². The molecule has 0 saturated carbocycles. The van der Waals surface area contributed by atoms with Crippen LogP contribution in [-0.4, -0.2) is 25.0 Å². The highest BCUT2D eigenvalue weighted by Crippen LogP contribution is 2.13. The number of rotatable bonds is 9. The zero-order valence-electron chi connectivity index (χ0n) is 15.3. The lowest BCUT2D eigenvalue weighted by Crippen LogP contribution is -2.38. The normalized spacial score (nSPS) is 11.5. The second-order valence-electron chi connectivity index (χ2n) is 6.11. The Balaban J connectivity index is 1.77. The number of carbonyl (C=O) groups is 2. The van der Waals surface area contributed by atoms with E-state index in [1.807, 2.05) is 37.3 Å². The smallest absolute Gasteiger partial charge is 0.251 e. The summed E-state index contributed by atoms with van der Waals surface area (Å²) in [6.07, 6.45) is 2.07. The van der Waals surface area contributed by atoms with Crippen molar-refractivity contribution >= 4 is 11.8 Å². The van der Waals surface area contributed by atoms with Crippen LogP contribution in [0.3, 0.4) is 0 Å². The second kappa shape index (κ2) is 10.2. The van der Waals surface area contributed by atoms with E-state index < -0.39 is 0 Å². The highest BCUT2D eigenvalue weighted by Gasteiger charge is 2.11. The molecule has 0 aromatic heterocycles. The van der Waals surface area contributed by atoms with Gasteiger partial charge in [0.1, 0.15) is 5.75 Å². The second-order valence-corrected chi connectivity index (χ2v) is 6.11. The fourth-order valence-electron chi connectivity index (χ4n) is 2.42. The number of unbranched alkanes of at least 4 members (excludes halogenated alkanes) is 1. The van der Waals surface area contributed by atoms with Gasteiger partial charge in [-0.15, -0.1) is 0 Å². The Morgan fingerprint density at radius 2 is 1.73 bits per heavy atom. The third-order valence-electron chi connectivity index (χ3n) is 3.97. The lowest BCUT2D eigenvalue weighted by molar-refractivity contribution is -0.120. The van der Waals surface area contributed by atoms with Crippen molar-refractivity contribution in [1.29, 1.82) is 0 Å². The average Bonchev–Trinajstić information content (AvgIpc) is 2.67. The van der Waals surface area contributed by atoms with Gasteiger partial charge in [0, 0.05) is 5.56 Å². The summed E-state index contributed by atoms with van der Waals surface area (Å²) in [6, 6.07) is 16.5. The van der Waals surface area contributed by atoms with E-state index in [0.29, 0.717) is 12.2 Å². The van der Waals surface area contributed by atoms with Gasteiger partial charge in [-0.1, -0.05) is 43.7 Å². The predicted molar refractivity (Wildman–Crippen MR) is 102 cm³/mol. The largest absolute Gasteiger partial charge is 0.494 e. The number of amides is 2. The molecule has 138 valence electrons. The SMILES string of the molecule is CCCCOc1ccc(C(=O)NCC(=O)NC(C)c2ccccc2)cc1. The van der Waals surface area contributed by atoms with Gasteiger partial charge in [-0.25, -0.2) is 0 Å². The van der Waals surface area contributed by atoms with E-state index in [2.05, 4.69) is 17.6 Å². The number of benzene rings is 2. The molecule has 5 nitrogen and oxygen atoms in total. The minimum Gasteiger partial charge on any atom is -0.494 e.